The van der Waals surface area contributed by atoms with Crippen LogP contribution in [0.2, 0.25) is 0 Å². The van der Waals surface area contributed by atoms with Gasteiger partial charge in [-0.3, -0.25) is 0 Å². The van der Waals surface area contributed by atoms with E-state index in [2.05, 4.69) is 46.8 Å². The fourth-order valence-electron chi connectivity index (χ4n) is 1.34. The van der Waals surface area contributed by atoms with E-state index in [1.807, 2.05) is 6.08 Å². The van der Waals surface area contributed by atoms with Crippen molar-refractivity contribution in [1.29, 1.82) is 0 Å². The molecule has 0 aromatic rings. The van der Waals surface area contributed by atoms with Crippen molar-refractivity contribution < 1.29 is 32.7 Å². The number of rotatable bonds is 6. The third-order valence-electron chi connectivity index (χ3n) is 2.47. The van der Waals surface area contributed by atoms with Gasteiger partial charge in [-0.2, -0.15) is 0 Å². The van der Waals surface area contributed by atoms with Gasteiger partial charge in [-0.05, 0) is 40.0 Å². The molecule has 0 spiro atoms. The Balaban J connectivity index is 0. The molecular formula is C15H25Y-. The fraction of sp³-hybridized carbons (Fsp3) is 0.533. The van der Waals surface area contributed by atoms with Gasteiger partial charge in [0.15, 0.2) is 0 Å². The van der Waals surface area contributed by atoms with Gasteiger partial charge in [-0.25, -0.2) is 18.6 Å². The van der Waals surface area contributed by atoms with Crippen LogP contribution in [-0.4, -0.2) is 0 Å². The summed E-state index contributed by atoms with van der Waals surface area (Å²) in [6.07, 6.45) is 11.3. The molecule has 0 saturated heterocycles. The summed E-state index contributed by atoms with van der Waals surface area (Å²) in [7, 11) is 0. The third-order valence-corrected chi connectivity index (χ3v) is 2.47. The van der Waals surface area contributed by atoms with E-state index in [0.29, 0.717) is 0 Å². The molecule has 0 amide bonds. The van der Waals surface area contributed by atoms with Crippen molar-refractivity contribution >= 4 is 0 Å². The van der Waals surface area contributed by atoms with E-state index in [4.69, 9.17) is 0 Å². The van der Waals surface area contributed by atoms with E-state index in [0.717, 1.165) is 12.8 Å². The second-order valence-corrected chi connectivity index (χ2v) is 4.46. The van der Waals surface area contributed by atoms with E-state index in [9.17, 15) is 0 Å². The Morgan fingerprint density at radius 1 is 0.875 bits per heavy atom. The largest absolute Gasteiger partial charge is 0.245 e. The van der Waals surface area contributed by atoms with Crippen molar-refractivity contribution in [2.45, 2.75) is 53.4 Å². The molecule has 16 heavy (non-hydrogen) atoms. The molecule has 0 atom stereocenters. The van der Waals surface area contributed by atoms with Crippen LogP contribution in [0.3, 0.4) is 0 Å². The minimum absolute atomic E-state index is 0. The summed E-state index contributed by atoms with van der Waals surface area (Å²) in [5.41, 5.74) is 4.30. The zero-order valence-electron chi connectivity index (χ0n) is 11.3. The van der Waals surface area contributed by atoms with Crippen LogP contribution >= 0.6 is 0 Å². The number of hydrogen-bond acceptors (Lipinski definition) is 0. The van der Waals surface area contributed by atoms with Gasteiger partial charge in [-0.1, -0.05) is 29.7 Å². The summed E-state index contributed by atoms with van der Waals surface area (Å²) in [6, 6.07) is 0. The summed E-state index contributed by atoms with van der Waals surface area (Å²) in [5, 5.41) is 0. The Morgan fingerprint density at radius 2 is 1.38 bits per heavy atom. The smallest absolute Gasteiger partial charge is 0 e. The van der Waals surface area contributed by atoms with Crippen molar-refractivity contribution in [3.05, 3.63) is 41.9 Å². The van der Waals surface area contributed by atoms with Crippen molar-refractivity contribution in [2.24, 2.45) is 0 Å². The minimum Gasteiger partial charge on any atom is -0.245 e. The molecular weight excluding hydrogens is 269 g/mol. The molecule has 0 heterocycles. The Hall–Kier alpha value is 0.194. The molecule has 0 aliphatic heterocycles. The van der Waals surface area contributed by atoms with Crippen molar-refractivity contribution in [3.8, 4) is 0 Å². The van der Waals surface area contributed by atoms with Crippen LogP contribution in [0.4, 0.5) is 0 Å². The fourth-order valence-corrected chi connectivity index (χ4v) is 1.34. The van der Waals surface area contributed by atoms with E-state index < -0.39 is 0 Å². The quantitative estimate of drug-likeness (QED) is 0.464. The zero-order chi connectivity index (χ0) is 11.7. The molecule has 0 aromatic carbocycles. The first-order valence-electron chi connectivity index (χ1n) is 5.80. The summed E-state index contributed by atoms with van der Waals surface area (Å²) in [4.78, 5) is 0. The van der Waals surface area contributed by atoms with Gasteiger partial charge in [0.2, 0.25) is 0 Å². The van der Waals surface area contributed by atoms with E-state index in [-0.39, 0.29) is 32.7 Å². The van der Waals surface area contributed by atoms with E-state index in [1.54, 1.807) is 0 Å². The predicted octanol–water partition coefficient (Wildman–Crippen LogP) is 5.24. The second-order valence-electron chi connectivity index (χ2n) is 4.46. The molecule has 0 fully saturated rings. The van der Waals surface area contributed by atoms with Crippen LogP contribution in [0, 0.1) is 6.92 Å². The Labute approximate surface area is 127 Å². The van der Waals surface area contributed by atoms with Gasteiger partial charge in [0.05, 0.1) is 0 Å². The van der Waals surface area contributed by atoms with E-state index in [1.165, 1.54) is 29.6 Å². The van der Waals surface area contributed by atoms with Crippen molar-refractivity contribution in [2.75, 3.05) is 0 Å². The minimum atomic E-state index is 0. The summed E-state index contributed by atoms with van der Waals surface area (Å²) >= 11 is 0. The van der Waals surface area contributed by atoms with Gasteiger partial charge < -0.3 is 0 Å². The number of allylic oxidation sites excluding steroid dienone is 6. The van der Waals surface area contributed by atoms with Crippen molar-refractivity contribution in [3.63, 3.8) is 0 Å². The summed E-state index contributed by atoms with van der Waals surface area (Å²) in [6.45, 7) is 12.4. The monoisotopic (exact) mass is 294 g/mol. The standard InChI is InChI=1S/C15H25.Y/c1-6-14(4)10-8-12-15(5)11-7-9-13(2)3;/h6,9,12H,1,7-8,10-11H2,2-5H3;/q-1;/b14-6-,15-12+;. The molecule has 0 aliphatic rings. The van der Waals surface area contributed by atoms with Crippen LogP contribution in [0.15, 0.2) is 34.9 Å². The normalized spacial score (nSPS) is 12.0. The predicted molar refractivity (Wildman–Crippen MR) is 70.8 cm³/mol. The zero-order valence-corrected chi connectivity index (χ0v) is 14.2. The SMILES string of the molecule is [CH2-]/C=C(/C)CC/C=C(\C)CCC=C(C)C.[Y]. The molecule has 0 saturated carbocycles. The van der Waals surface area contributed by atoms with Crippen LogP contribution in [-0.2, 0) is 32.7 Å². The summed E-state index contributed by atoms with van der Waals surface area (Å²) < 4.78 is 0. The van der Waals surface area contributed by atoms with Gasteiger partial charge in [0, 0.05) is 32.7 Å². The molecule has 0 nitrogen and oxygen atoms in total. The molecule has 1 heteroatoms. The topological polar surface area (TPSA) is 0 Å². The molecule has 0 bridgehead atoms. The van der Waals surface area contributed by atoms with Gasteiger partial charge in [0.1, 0.15) is 0 Å². The van der Waals surface area contributed by atoms with Crippen LogP contribution < -0.4 is 0 Å². The first kappa shape index (κ1) is 18.6. The average molecular weight is 294 g/mol. The van der Waals surface area contributed by atoms with Crippen molar-refractivity contribution in [1.82, 2.24) is 0 Å². The molecule has 0 rings (SSSR count). The maximum Gasteiger partial charge on any atom is 0 e. The Morgan fingerprint density at radius 3 is 1.88 bits per heavy atom. The maximum atomic E-state index is 3.76. The molecule has 0 aliphatic carbocycles. The van der Waals surface area contributed by atoms with Gasteiger partial charge in [0.25, 0.3) is 0 Å². The van der Waals surface area contributed by atoms with Gasteiger partial charge >= 0.3 is 0 Å². The van der Waals surface area contributed by atoms with E-state index >= 15 is 0 Å². The molecule has 1 radical (unpaired) electrons. The second kappa shape index (κ2) is 11.7. The van der Waals surface area contributed by atoms with Gasteiger partial charge in [-0.15, -0.1) is 6.92 Å². The Bertz CT molecular complexity index is 253. The Kier molecular flexibility index (Phi) is 13.5. The first-order valence-corrected chi connectivity index (χ1v) is 5.80. The molecule has 89 valence electrons. The maximum absolute atomic E-state index is 3.76. The average Bonchev–Trinajstić information content (AvgIpc) is 2.17. The van der Waals surface area contributed by atoms with Crippen LogP contribution in [0.5, 0.6) is 0 Å². The molecule has 0 aromatic heterocycles. The third kappa shape index (κ3) is 12.3. The number of hydrogen-bond donors (Lipinski definition) is 0. The molecule has 0 unspecified atom stereocenters. The molecule has 0 N–H and O–H groups in total. The van der Waals surface area contributed by atoms with Crippen LogP contribution in [0.25, 0.3) is 0 Å². The first-order chi connectivity index (χ1) is 7.06. The van der Waals surface area contributed by atoms with Crippen LogP contribution in [0.1, 0.15) is 53.4 Å². The summed E-state index contributed by atoms with van der Waals surface area (Å²) in [5.74, 6) is 0.